The molecule has 0 aromatic heterocycles. The SMILES string of the molecule is O=[N+]([O-])c1cc(I)ccc1NCC1COCCO1. The fourth-order valence-electron chi connectivity index (χ4n) is 1.68. The second-order valence-corrected chi connectivity index (χ2v) is 5.11. The van der Waals surface area contributed by atoms with Gasteiger partial charge in [-0.3, -0.25) is 10.1 Å². The van der Waals surface area contributed by atoms with Crippen LogP contribution < -0.4 is 5.32 Å². The molecule has 7 heteroatoms. The number of hydrogen-bond acceptors (Lipinski definition) is 5. The molecule has 18 heavy (non-hydrogen) atoms. The van der Waals surface area contributed by atoms with Crippen molar-refractivity contribution in [1.82, 2.24) is 0 Å². The van der Waals surface area contributed by atoms with Crippen LogP contribution in [0.25, 0.3) is 0 Å². The zero-order valence-corrected chi connectivity index (χ0v) is 11.8. The Labute approximate surface area is 118 Å². The molecular formula is C11H13IN2O4. The molecule has 0 amide bonds. The van der Waals surface area contributed by atoms with Gasteiger partial charge in [-0.2, -0.15) is 0 Å². The van der Waals surface area contributed by atoms with Crippen molar-refractivity contribution in [3.8, 4) is 0 Å². The predicted molar refractivity (Wildman–Crippen MR) is 74.9 cm³/mol. The normalized spacial score (nSPS) is 19.5. The second kappa shape index (κ2) is 6.30. The molecule has 0 aliphatic carbocycles. The van der Waals surface area contributed by atoms with Crippen molar-refractivity contribution in [2.45, 2.75) is 6.10 Å². The van der Waals surface area contributed by atoms with Crippen LogP contribution in [0.1, 0.15) is 0 Å². The van der Waals surface area contributed by atoms with Crippen LogP contribution >= 0.6 is 22.6 Å². The van der Waals surface area contributed by atoms with Crippen LogP contribution in [0.4, 0.5) is 11.4 Å². The number of nitro benzene ring substituents is 1. The van der Waals surface area contributed by atoms with E-state index in [-0.39, 0.29) is 16.7 Å². The molecule has 1 unspecified atom stereocenters. The Morgan fingerprint density at radius 2 is 2.33 bits per heavy atom. The summed E-state index contributed by atoms with van der Waals surface area (Å²) in [4.78, 5) is 10.5. The monoisotopic (exact) mass is 364 g/mol. The summed E-state index contributed by atoms with van der Waals surface area (Å²) in [6.07, 6.45) is -0.0577. The Hall–Kier alpha value is -0.930. The van der Waals surface area contributed by atoms with Crippen LogP contribution in [-0.2, 0) is 9.47 Å². The van der Waals surface area contributed by atoms with Crippen LogP contribution in [-0.4, -0.2) is 37.4 Å². The molecule has 1 aromatic rings. The largest absolute Gasteiger partial charge is 0.377 e. The quantitative estimate of drug-likeness (QED) is 0.503. The Bertz CT molecular complexity index is 435. The molecule has 1 atom stereocenters. The van der Waals surface area contributed by atoms with Gasteiger partial charge in [0, 0.05) is 16.2 Å². The van der Waals surface area contributed by atoms with Gasteiger partial charge in [-0.25, -0.2) is 0 Å². The van der Waals surface area contributed by atoms with Gasteiger partial charge in [-0.1, -0.05) is 0 Å². The van der Waals surface area contributed by atoms with E-state index in [1.807, 2.05) is 6.07 Å². The van der Waals surface area contributed by atoms with Gasteiger partial charge in [-0.05, 0) is 34.7 Å². The molecule has 1 aromatic carbocycles. The molecule has 1 aliphatic heterocycles. The predicted octanol–water partition coefficient (Wildman–Crippen LogP) is 2.03. The fourth-order valence-corrected chi connectivity index (χ4v) is 2.16. The van der Waals surface area contributed by atoms with Gasteiger partial charge in [-0.15, -0.1) is 0 Å². The zero-order chi connectivity index (χ0) is 13.0. The molecular weight excluding hydrogens is 351 g/mol. The van der Waals surface area contributed by atoms with E-state index in [4.69, 9.17) is 9.47 Å². The molecule has 1 N–H and O–H groups in total. The number of ether oxygens (including phenoxy) is 2. The van der Waals surface area contributed by atoms with Crippen molar-refractivity contribution in [2.24, 2.45) is 0 Å². The molecule has 1 heterocycles. The molecule has 1 saturated heterocycles. The number of rotatable bonds is 4. The van der Waals surface area contributed by atoms with Crippen LogP contribution in [0, 0.1) is 13.7 Å². The van der Waals surface area contributed by atoms with Crippen LogP contribution in [0.2, 0.25) is 0 Å². The standard InChI is InChI=1S/C11H13IN2O4/c12-8-1-2-10(11(5-8)14(15)16)13-6-9-7-17-3-4-18-9/h1-2,5,9,13H,3-4,6-7H2. The van der Waals surface area contributed by atoms with E-state index in [0.29, 0.717) is 32.1 Å². The van der Waals surface area contributed by atoms with Crippen molar-refractivity contribution in [2.75, 3.05) is 31.7 Å². The first-order valence-corrected chi connectivity index (χ1v) is 6.62. The van der Waals surface area contributed by atoms with Crippen molar-refractivity contribution >= 4 is 34.0 Å². The molecule has 0 bridgehead atoms. The Morgan fingerprint density at radius 1 is 1.50 bits per heavy atom. The van der Waals surface area contributed by atoms with Crippen LogP contribution in [0.15, 0.2) is 18.2 Å². The van der Waals surface area contributed by atoms with E-state index in [1.54, 1.807) is 12.1 Å². The van der Waals surface area contributed by atoms with Gasteiger partial charge in [0.05, 0.1) is 30.8 Å². The lowest BCUT2D eigenvalue weighted by atomic mass is 10.2. The third-order valence-electron chi connectivity index (χ3n) is 2.56. The van der Waals surface area contributed by atoms with E-state index >= 15 is 0 Å². The summed E-state index contributed by atoms with van der Waals surface area (Å²) in [6, 6.07) is 5.08. The van der Waals surface area contributed by atoms with Crippen molar-refractivity contribution in [1.29, 1.82) is 0 Å². The lowest BCUT2D eigenvalue weighted by Gasteiger charge is -2.23. The Kier molecular flexibility index (Phi) is 4.72. The van der Waals surface area contributed by atoms with Crippen molar-refractivity contribution < 1.29 is 14.4 Å². The maximum absolute atomic E-state index is 10.9. The van der Waals surface area contributed by atoms with Crippen molar-refractivity contribution in [3.05, 3.63) is 31.9 Å². The van der Waals surface area contributed by atoms with Crippen molar-refractivity contribution in [3.63, 3.8) is 0 Å². The van der Waals surface area contributed by atoms with Gasteiger partial charge in [0.1, 0.15) is 5.69 Å². The minimum atomic E-state index is -0.386. The number of hydrogen-bond donors (Lipinski definition) is 1. The first-order valence-electron chi connectivity index (χ1n) is 5.54. The minimum absolute atomic E-state index is 0.0577. The molecule has 0 spiro atoms. The highest BCUT2D eigenvalue weighted by Gasteiger charge is 2.17. The number of anilines is 1. The molecule has 98 valence electrons. The highest BCUT2D eigenvalue weighted by molar-refractivity contribution is 14.1. The average molecular weight is 364 g/mol. The summed E-state index contributed by atoms with van der Waals surface area (Å²) < 4.78 is 11.6. The summed E-state index contributed by atoms with van der Waals surface area (Å²) in [6.45, 7) is 2.20. The minimum Gasteiger partial charge on any atom is -0.377 e. The van der Waals surface area contributed by atoms with Gasteiger partial charge in [0.25, 0.3) is 5.69 Å². The number of halogens is 1. The summed E-state index contributed by atoms with van der Waals surface area (Å²) in [5.41, 5.74) is 0.591. The van der Waals surface area contributed by atoms with E-state index < -0.39 is 0 Å². The smallest absolute Gasteiger partial charge is 0.293 e. The topological polar surface area (TPSA) is 73.6 Å². The summed E-state index contributed by atoms with van der Waals surface area (Å²) in [5.74, 6) is 0. The molecule has 6 nitrogen and oxygen atoms in total. The third kappa shape index (κ3) is 3.53. The highest BCUT2D eigenvalue weighted by atomic mass is 127. The van der Waals surface area contributed by atoms with E-state index in [0.717, 1.165) is 3.57 Å². The maximum atomic E-state index is 10.9. The lowest BCUT2D eigenvalue weighted by molar-refractivity contribution is -0.384. The number of benzene rings is 1. The first-order chi connectivity index (χ1) is 8.66. The third-order valence-corrected chi connectivity index (χ3v) is 3.23. The first kappa shape index (κ1) is 13.5. The summed E-state index contributed by atoms with van der Waals surface area (Å²) >= 11 is 2.05. The lowest BCUT2D eigenvalue weighted by Crippen LogP contribution is -2.34. The molecule has 1 aliphatic rings. The number of nitro groups is 1. The van der Waals surface area contributed by atoms with Gasteiger partial charge < -0.3 is 14.8 Å². The molecule has 2 rings (SSSR count). The second-order valence-electron chi connectivity index (χ2n) is 3.87. The summed E-state index contributed by atoms with van der Waals surface area (Å²) in [7, 11) is 0. The van der Waals surface area contributed by atoms with Gasteiger partial charge >= 0.3 is 0 Å². The maximum Gasteiger partial charge on any atom is 0.293 e. The van der Waals surface area contributed by atoms with Gasteiger partial charge in [0.2, 0.25) is 0 Å². The van der Waals surface area contributed by atoms with E-state index in [9.17, 15) is 10.1 Å². The fraction of sp³-hybridized carbons (Fsp3) is 0.455. The molecule has 1 fully saturated rings. The van der Waals surface area contributed by atoms with E-state index in [1.165, 1.54) is 0 Å². The summed E-state index contributed by atoms with van der Waals surface area (Å²) in [5, 5.41) is 14.0. The number of nitrogens with one attached hydrogen (secondary N) is 1. The van der Waals surface area contributed by atoms with Crippen LogP contribution in [0.5, 0.6) is 0 Å². The van der Waals surface area contributed by atoms with Crippen LogP contribution in [0.3, 0.4) is 0 Å². The number of nitrogens with zero attached hydrogens (tertiary/aromatic N) is 1. The zero-order valence-electron chi connectivity index (χ0n) is 9.60. The van der Waals surface area contributed by atoms with Gasteiger partial charge in [0.15, 0.2) is 0 Å². The Balaban J connectivity index is 2.01. The highest BCUT2D eigenvalue weighted by Crippen LogP contribution is 2.26. The van der Waals surface area contributed by atoms with E-state index in [2.05, 4.69) is 27.9 Å². The molecule has 0 radical (unpaired) electrons. The Morgan fingerprint density at radius 3 is 3.00 bits per heavy atom. The molecule has 0 saturated carbocycles. The average Bonchev–Trinajstić information content (AvgIpc) is 2.38.